The van der Waals surface area contributed by atoms with Crippen molar-refractivity contribution in [1.29, 1.82) is 0 Å². The highest BCUT2D eigenvalue weighted by atomic mass is 35.5. The van der Waals surface area contributed by atoms with Crippen molar-refractivity contribution in [1.82, 2.24) is 15.2 Å². The average Bonchev–Trinajstić information content (AvgIpc) is 2.56. The van der Waals surface area contributed by atoms with Gasteiger partial charge in [-0.05, 0) is 57.7 Å². The summed E-state index contributed by atoms with van der Waals surface area (Å²) in [5.74, 6) is -0.118. The second-order valence-corrected chi connectivity index (χ2v) is 6.32. The molecular formula is C18H23ClN4O. The van der Waals surface area contributed by atoms with Crippen molar-refractivity contribution >= 4 is 28.9 Å². The molecule has 0 saturated carbocycles. The van der Waals surface area contributed by atoms with E-state index in [1.54, 1.807) is 18.5 Å². The van der Waals surface area contributed by atoms with Crippen molar-refractivity contribution in [3.8, 4) is 0 Å². The van der Waals surface area contributed by atoms with E-state index >= 15 is 0 Å². The zero-order valence-electron chi connectivity index (χ0n) is 14.3. The number of aromatic nitrogens is 1. The summed E-state index contributed by atoms with van der Waals surface area (Å²) < 4.78 is 0. The van der Waals surface area contributed by atoms with Gasteiger partial charge in [-0.3, -0.25) is 9.78 Å². The van der Waals surface area contributed by atoms with Crippen LogP contribution in [0.5, 0.6) is 0 Å². The van der Waals surface area contributed by atoms with E-state index in [2.05, 4.69) is 20.5 Å². The van der Waals surface area contributed by atoms with Crippen LogP contribution in [0, 0.1) is 6.92 Å². The Hall–Kier alpha value is -2.11. The van der Waals surface area contributed by atoms with Crippen LogP contribution in [0.2, 0.25) is 5.02 Å². The number of rotatable bonds is 7. The molecule has 1 amide bonds. The number of hydrogen-bond donors (Lipinski definition) is 2. The summed E-state index contributed by atoms with van der Waals surface area (Å²) in [5.41, 5.74) is 3.14. The summed E-state index contributed by atoms with van der Waals surface area (Å²) in [6.45, 7) is 3.52. The topological polar surface area (TPSA) is 57.3 Å². The second-order valence-electron chi connectivity index (χ2n) is 5.91. The van der Waals surface area contributed by atoms with Crippen molar-refractivity contribution in [2.24, 2.45) is 0 Å². The standard InChI is InChI=1S/C18H23ClN4O/c1-13-16(19)6-4-7-17(13)22-15-10-14(11-20-12-15)18(24)21-8-5-9-23(2)3/h4,6-7,10-12,22H,5,8-9H2,1-3H3,(H,21,24). The molecule has 2 aromatic rings. The number of halogens is 1. The number of anilines is 2. The van der Waals surface area contributed by atoms with Crippen molar-refractivity contribution in [3.63, 3.8) is 0 Å². The number of hydrogen-bond acceptors (Lipinski definition) is 4. The third-order valence-corrected chi connectivity index (χ3v) is 4.02. The molecule has 0 radical (unpaired) electrons. The summed E-state index contributed by atoms with van der Waals surface area (Å²) in [7, 11) is 4.03. The van der Waals surface area contributed by atoms with E-state index < -0.39 is 0 Å². The Morgan fingerprint density at radius 2 is 2.08 bits per heavy atom. The first-order chi connectivity index (χ1) is 11.5. The molecule has 128 valence electrons. The Labute approximate surface area is 148 Å². The Kier molecular flexibility index (Phi) is 6.58. The Morgan fingerprint density at radius 1 is 1.29 bits per heavy atom. The Morgan fingerprint density at radius 3 is 2.83 bits per heavy atom. The SMILES string of the molecule is Cc1c(Cl)cccc1Nc1cncc(C(=O)NCCCN(C)C)c1. The molecule has 2 rings (SSSR count). The molecule has 6 heteroatoms. The molecule has 0 aliphatic heterocycles. The van der Waals surface area contributed by atoms with Gasteiger partial charge in [0.15, 0.2) is 0 Å². The van der Waals surface area contributed by atoms with E-state index in [9.17, 15) is 4.79 Å². The van der Waals surface area contributed by atoms with Crippen molar-refractivity contribution < 1.29 is 4.79 Å². The van der Waals surface area contributed by atoms with Crippen LogP contribution in [0.25, 0.3) is 0 Å². The van der Waals surface area contributed by atoms with Crippen LogP contribution in [-0.2, 0) is 0 Å². The van der Waals surface area contributed by atoms with Crippen LogP contribution in [0.3, 0.4) is 0 Å². The maximum Gasteiger partial charge on any atom is 0.252 e. The van der Waals surface area contributed by atoms with E-state index in [0.29, 0.717) is 17.1 Å². The molecule has 0 atom stereocenters. The van der Waals surface area contributed by atoms with Crippen LogP contribution >= 0.6 is 11.6 Å². The third-order valence-electron chi connectivity index (χ3n) is 3.61. The summed E-state index contributed by atoms with van der Waals surface area (Å²) in [4.78, 5) is 18.4. The number of pyridine rings is 1. The molecule has 0 bridgehead atoms. The number of carbonyl (C=O) groups excluding carboxylic acids is 1. The lowest BCUT2D eigenvalue weighted by atomic mass is 10.2. The van der Waals surface area contributed by atoms with Crippen molar-refractivity contribution in [2.75, 3.05) is 32.5 Å². The van der Waals surface area contributed by atoms with E-state index in [0.717, 1.165) is 29.9 Å². The molecule has 0 unspecified atom stereocenters. The first-order valence-electron chi connectivity index (χ1n) is 7.87. The second kappa shape index (κ2) is 8.66. The lowest BCUT2D eigenvalue weighted by Crippen LogP contribution is -2.27. The highest BCUT2D eigenvalue weighted by Gasteiger charge is 2.08. The van der Waals surface area contributed by atoms with E-state index in [4.69, 9.17) is 11.6 Å². The first kappa shape index (κ1) is 18.2. The fraction of sp³-hybridized carbons (Fsp3) is 0.333. The maximum atomic E-state index is 12.2. The molecular weight excluding hydrogens is 324 g/mol. The minimum atomic E-state index is -0.118. The summed E-state index contributed by atoms with van der Waals surface area (Å²) in [6.07, 6.45) is 4.16. The minimum Gasteiger partial charge on any atom is -0.354 e. The molecule has 0 saturated heterocycles. The Bertz CT molecular complexity index is 703. The monoisotopic (exact) mass is 346 g/mol. The molecule has 1 aromatic carbocycles. The summed E-state index contributed by atoms with van der Waals surface area (Å²) >= 11 is 6.13. The van der Waals surface area contributed by atoms with Gasteiger partial charge in [-0.25, -0.2) is 0 Å². The fourth-order valence-electron chi connectivity index (χ4n) is 2.23. The largest absolute Gasteiger partial charge is 0.354 e. The fourth-order valence-corrected chi connectivity index (χ4v) is 2.40. The van der Waals surface area contributed by atoms with Gasteiger partial charge in [0.05, 0.1) is 17.4 Å². The van der Waals surface area contributed by atoms with Gasteiger partial charge in [0.25, 0.3) is 5.91 Å². The number of carbonyl (C=O) groups is 1. The zero-order valence-corrected chi connectivity index (χ0v) is 15.0. The molecule has 24 heavy (non-hydrogen) atoms. The quantitative estimate of drug-likeness (QED) is 0.754. The molecule has 2 N–H and O–H groups in total. The predicted octanol–water partition coefficient (Wildman–Crippen LogP) is 3.47. The van der Waals surface area contributed by atoms with Gasteiger partial charge in [0.2, 0.25) is 0 Å². The molecule has 0 aliphatic rings. The minimum absolute atomic E-state index is 0.118. The Balaban J connectivity index is 2.00. The lowest BCUT2D eigenvalue weighted by molar-refractivity contribution is 0.0952. The predicted molar refractivity (Wildman–Crippen MR) is 99.2 cm³/mol. The number of amides is 1. The van der Waals surface area contributed by atoms with Crippen LogP contribution in [0.4, 0.5) is 11.4 Å². The highest BCUT2D eigenvalue weighted by molar-refractivity contribution is 6.31. The first-order valence-corrected chi connectivity index (χ1v) is 8.25. The van der Waals surface area contributed by atoms with Gasteiger partial charge in [0.1, 0.15) is 0 Å². The normalized spacial score (nSPS) is 10.7. The smallest absolute Gasteiger partial charge is 0.252 e. The third kappa shape index (κ3) is 5.22. The van der Waals surface area contributed by atoms with E-state index in [-0.39, 0.29) is 5.91 Å². The molecule has 0 spiro atoms. The van der Waals surface area contributed by atoms with Gasteiger partial charge in [-0.1, -0.05) is 17.7 Å². The number of nitrogens with one attached hydrogen (secondary N) is 2. The van der Waals surface area contributed by atoms with Gasteiger partial charge in [-0.2, -0.15) is 0 Å². The number of benzene rings is 1. The highest BCUT2D eigenvalue weighted by Crippen LogP contribution is 2.26. The molecule has 1 heterocycles. The van der Waals surface area contributed by atoms with E-state index in [1.165, 1.54) is 0 Å². The van der Waals surface area contributed by atoms with Crippen LogP contribution in [-0.4, -0.2) is 43.0 Å². The number of nitrogens with zero attached hydrogens (tertiary/aromatic N) is 2. The summed E-state index contributed by atoms with van der Waals surface area (Å²) in [5, 5.41) is 6.87. The molecule has 0 aliphatic carbocycles. The van der Waals surface area contributed by atoms with Gasteiger partial charge >= 0.3 is 0 Å². The van der Waals surface area contributed by atoms with Crippen LogP contribution < -0.4 is 10.6 Å². The van der Waals surface area contributed by atoms with Gasteiger partial charge < -0.3 is 15.5 Å². The van der Waals surface area contributed by atoms with Crippen molar-refractivity contribution in [2.45, 2.75) is 13.3 Å². The lowest BCUT2D eigenvalue weighted by Gasteiger charge is -2.12. The van der Waals surface area contributed by atoms with E-state index in [1.807, 2.05) is 39.2 Å². The van der Waals surface area contributed by atoms with Crippen LogP contribution in [0.1, 0.15) is 22.3 Å². The van der Waals surface area contributed by atoms with Gasteiger partial charge in [-0.15, -0.1) is 0 Å². The van der Waals surface area contributed by atoms with Gasteiger partial charge in [0, 0.05) is 23.5 Å². The molecule has 1 aromatic heterocycles. The average molecular weight is 347 g/mol. The van der Waals surface area contributed by atoms with Crippen molar-refractivity contribution in [3.05, 3.63) is 52.8 Å². The summed E-state index contributed by atoms with van der Waals surface area (Å²) in [6, 6.07) is 7.45. The zero-order chi connectivity index (χ0) is 17.5. The molecule has 0 fully saturated rings. The molecule has 5 nitrogen and oxygen atoms in total. The van der Waals surface area contributed by atoms with Crippen LogP contribution in [0.15, 0.2) is 36.7 Å². The maximum absolute atomic E-state index is 12.2.